The molecule has 3 atom stereocenters. The second-order valence-electron chi connectivity index (χ2n) is 10.4. The van der Waals surface area contributed by atoms with Crippen molar-refractivity contribution in [1.29, 1.82) is 0 Å². The maximum absolute atomic E-state index is 14.0. The van der Waals surface area contributed by atoms with Crippen molar-refractivity contribution in [2.75, 3.05) is 19.0 Å². The predicted octanol–water partition coefficient (Wildman–Crippen LogP) is 5.39. The number of aliphatic hydroxyl groups excluding tert-OH is 2. The van der Waals surface area contributed by atoms with Crippen molar-refractivity contribution in [3.05, 3.63) is 76.3 Å². The van der Waals surface area contributed by atoms with Crippen molar-refractivity contribution < 1.29 is 30.0 Å². The molecule has 192 valence electrons. The Kier molecular flexibility index (Phi) is 5.89. The van der Waals surface area contributed by atoms with Gasteiger partial charge >= 0.3 is 0 Å². The number of carbonyl (C=O) groups excluding carboxylic acids is 2. The van der Waals surface area contributed by atoms with Gasteiger partial charge in [0.25, 0.3) is 0 Å². The standard InChI is InChI=1S/C30H31NO6/c1-5-22(33)25-14(2)24-17(12-23(25)34)10-16-11-20-21(31(3)4)13-19(15-6-8-18(32)9-7-15)28(35)27(20)30(37)26(16)29(24)36/h6-9,13,16-17,24,32,34-36H,2,5,10-12H2,1,3-4H3. The lowest BCUT2D eigenvalue weighted by molar-refractivity contribution is -0.115. The Morgan fingerprint density at radius 3 is 2.38 bits per heavy atom. The van der Waals surface area contributed by atoms with E-state index in [1.807, 2.05) is 25.1 Å². The van der Waals surface area contributed by atoms with Gasteiger partial charge < -0.3 is 25.3 Å². The number of nitrogens with zero attached hydrogens (tertiary/aromatic N) is 1. The van der Waals surface area contributed by atoms with Crippen LogP contribution in [0.1, 0.15) is 42.1 Å². The summed E-state index contributed by atoms with van der Waals surface area (Å²) in [6, 6.07) is 8.22. The first kappa shape index (κ1) is 24.7. The van der Waals surface area contributed by atoms with Crippen LogP contribution in [0.25, 0.3) is 11.1 Å². The topological polar surface area (TPSA) is 118 Å². The first-order chi connectivity index (χ1) is 17.5. The number of aromatic hydroxyl groups is 2. The van der Waals surface area contributed by atoms with Crippen LogP contribution in [-0.4, -0.2) is 46.1 Å². The highest BCUT2D eigenvalue weighted by Gasteiger charge is 2.48. The Balaban J connectivity index is 1.67. The van der Waals surface area contributed by atoms with E-state index in [0.717, 1.165) is 5.69 Å². The maximum Gasteiger partial charge on any atom is 0.196 e. The first-order valence-corrected chi connectivity index (χ1v) is 12.5. The number of ketones is 2. The summed E-state index contributed by atoms with van der Waals surface area (Å²) in [5.74, 6) is -1.97. The van der Waals surface area contributed by atoms with Gasteiger partial charge in [-0.1, -0.05) is 25.6 Å². The zero-order valence-corrected chi connectivity index (χ0v) is 21.2. The molecule has 2 aromatic carbocycles. The lowest BCUT2D eigenvalue weighted by Crippen LogP contribution is -2.39. The number of rotatable bonds is 4. The van der Waals surface area contributed by atoms with Crippen molar-refractivity contribution in [3.63, 3.8) is 0 Å². The molecule has 0 saturated carbocycles. The SMILES string of the molecule is C=C1C(C(=O)CC)=C(O)CC2CC3Cc4c(N(C)C)cc(-c5ccc(O)cc5)c(O)c4C(=O)C3=C(O)C12. The van der Waals surface area contributed by atoms with E-state index in [2.05, 4.69) is 6.58 Å². The maximum atomic E-state index is 14.0. The molecule has 0 aliphatic heterocycles. The number of phenolic OH excluding ortho intramolecular Hbond substituents is 2. The van der Waals surface area contributed by atoms with E-state index < -0.39 is 11.7 Å². The highest BCUT2D eigenvalue weighted by atomic mass is 16.3. The van der Waals surface area contributed by atoms with Crippen LogP contribution < -0.4 is 4.90 Å². The number of allylic oxidation sites excluding steroid dienone is 4. The van der Waals surface area contributed by atoms with Crippen LogP contribution in [0.4, 0.5) is 5.69 Å². The molecule has 0 fully saturated rings. The van der Waals surface area contributed by atoms with Crippen molar-refractivity contribution >= 4 is 17.3 Å². The zero-order chi connectivity index (χ0) is 26.8. The third-order valence-corrected chi connectivity index (χ3v) is 8.04. The van der Waals surface area contributed by atoms with Gasteiger partial charge in [-0.3, -0.25) is 9.59 Å². The Labute approximate surface area is 215 Å². The number of anilines is 1. The van der Waals surface area contributed by atoms with Crippen LogP contribution >= 0.6 is 0 Å². The van der Waals surface area contributed by atoms with Gasteiger partial charge in [-0.15, -0.1) is 0 Å². The van der Waals surface area contributed by atoms with E-state index in [0.29, 0.717) is 35.1 Å². The van der Waals surface area contributed by atoms with E-state index in [9.17, 15) is 30.0 Å². The second-order valence-corrected chi connectivity index (χ2v) is 10.4. The second kappa shape index (κ2) is 8.83. The fraction of sp³-hybridized carbons (Fsp3) is 0.333. The molecule has 4 N–H and O–H groups in total. The first-order valence-electron chi connectivity index (χ1n) is 12.5. The van der Waals surface area contributed by atoms with E-state index in [1.165, 1.54) is 12.1 Å². The largest absolute Gasteiger partial charge is 0.512 e. The molecular weight excluding hydrogens is 470 g/mol. The summed E-state index contributed by atoms with van der Waals surface area (Å²) in [4.78, 5) is 28.4. The van der Waals surface area contributed by atoms with Crippen LogP contribution in [0.2, 0.25) is 0 Å². The Bertz CT molecular complexity index is 1410. The third-order valence-electron chi connectivity index (χ3n) is 8.04. The van der Waals surface area contributed by atoms with Gasteiger partial charge in [-0.25, -0.2) is 0 Å². The molecule has 7 nitrogen and oxygen atoms in total. The number of phenols is 2. The minimum Gasteiger partial charge on any atom is -0.512 e. The summed E-state index contributed by atoms with van der Waals surface area (Å²) in [5.41, 5.74) is 3.51. The van der Waals surface area contributed by atoms with Crippen molar-refractivity contribution in [1.82, 2.24) is 0 Å². The van der Waals surface area contributed by atoms with E-state index in [4.69, 9.17) is 0 Å². The molecule has 0 spiro atoms. The molecule has 3 unspecified atom stereocenters. The minimum atomic E-state index is -0.631. The smallest absolute Gasteiger partial charge is 0.196 e. The molecule has 5 rings (SSSR count). The van der Waals surface area contributed by atoms with Crippen LogP contribution in [-0.2, 0) is 11.2 Å². The number of hydrogen-bond donors (Lipinski definition) is 4. The molecule has 0 radical (unpaired) electrons. The van der Waals surface area contributed by atoms with Crippen molar-refractivity contribution in [3.8, 4) is 22.6 Å². The number of fused-ring (bicyclic) bond motifs is 3. The fourth-order valence-corrected chi connectivity index (χ4v) is 6.36. The van der Waals surface area contributed by atoms with Gasteiger partial charge in [0.2, 0.25) is 0 Å². The number of carbonyl (C=O) groups is 2. The Hall–Kier alpha value is -4.00. The molecule has 0 bridgehead atoms. The molecule has 37 heavy (non-hydrogen) atoms. The van der Waals surface area contributed by atoms with E-state index >= 15 is 0 Å². The average Bonchev–Trinajstić information content (AvgIpc) is 2.84. The van der Waals surface area contributed by atoms with Gasteiger partial charge in [-0.05, 0) is 59.6 Å². The lowest BCUT2D eigenvalue weighted by Gasteiger charge is -2.43. The Morgan fingerprint density at radius 2 is 1.76 bits per heavy atom. The summed E-state index contributed by atoms with van der Waals surface area (Å²) in [6.07, 6.45) is 1.42. The quantitative estimate of drug-likeness (QED) is 0.444. The molecule has 3 aliphatic rings. The van der Waals surface area contributed by atoms with Crippen molar-refractivity contribution in [2.45, 2.75) is 32.6 Å². The highest BCUT2D eigenvalue weighted by molar-refractivity contribution is 6.15. The van der Waals surface area contributed by atoms with Gasteiger partial charge in [-0.2, -0.15) is 0 Å². The predicted molar refractivity (Wildman–Crippen MR) is 141 cm³/mol. The van der Waals surface area contributed by atoms with E-state index in [-0.39, 0.29) is 70.2 Å². The monoisotopic (exact) mass is 501 g/mol. The van der Waals surface area contributed by atoms with Gasteiger partial charge in [0.1, 0.15) is 23.0 Å². The van der Waals surface area contributed by atoms with Crippen LogP contribution in [0.15, 0.2) is 65.1 Å². The molecule has 3 aliphatic carbocycles. The summed E-state index contributed by atoms with van der Waals surface area (Å²) in [7, 11) is 3.75. The van der Waals surface area contributed by atoms with Crippen molar-refractivity contribution in [2.24, 2.45) is 17.8 Å². The lowest BCUT2D eigenvalue weighted by atomic mass is 9.61. The normalized spacial score (nSPS) is 22.9. The number of benzene rings is 2. The molecule has 0 saturated heterocycles. The number of Topliss-reactive ketones (excluding diaryl/α,β-unsaturated/α-hetero) is 2. The third kappa shape index (κ3) is 3.72. The molecular formula is C30H31NO6. The summed E-state index contributed by atoms with van der Waals surface area (Å²) < 4.78 is 0. The zero-order valence-electron chi connectivity index (χ0n) is 21.2. The minimum absolute atomic E-state index is 0.00190. The highest BCUT2D eigenvalue weighted by Crippen LogP contribution is 2.54. The number of hydrogen-bond acceptors (Lipinski definition) is 7. The summed E-state index contributed by atoms with van der Waals surface area (Å²) in [6.45, 7) is 5.76. The van der Waals surface area contributed by atoms with Crippen LogP contribution in [0, 0.1) is 17.8 Å². The van der Waals surface area contributed by atoms with Gasteiger partial charge in [0, 0.05) is 49.7 Å². The van der Waals surface area contributed by atoms with Crippen LogP contribution in [0.5, 0.6) is 11.5 Å². The molecule has 0 heterocycles. The summed E-state index contributed by atoms with van der Waals surface area (Å²) in [5, 5.41) is 43.2. The molecule has 0 amide bonds. The molecule has 2 aromatic rings. The number of aliphatic hydroxyl groups is 2. The fourth-order valence-electron chi connectivity index (χ4n) is 6.36. The average molecular weight is 502 g/mol. The van der Waals surface area contributed by atoms with E-state index in [1.54, 1.807) is 19.1 Å². The van der Waals surface area contributed by atoms with Gasteiger partial charge in [0.05, 0.1) is 11.1 Å². The summed E-state index contributed by atoms with van der Waals surface area (Å²) >= 11 is 0. The molecule has 0 aromatic heterocycles. The Morgan fingerprint density at radius 1 is 1.08 bits per heavy atom. The van der Waals surface area contributed by atoms with Crippen LogP contribution in [0.3, 0.4) is 0 Å². The van der Waals surface area contributed by atoms with Gasteiger partial charge in [0.15, 0.2) is 11.6 Å². The molecule has 7 heteroatoms.